The van der Waals surface area contributed by atoms with Gasteiger partial charge in [0.15, 0.2) is 11.3 Å². The number of nitrogens with one attached hydrogen (secondary N) is 1. The average Bonchev–Trinajstić information content (AvgIpc) is 3.04. The third kappa shape index (κ3) is 3.00. The Labute approximate surface area is 151 Å². The van der Waals surface area contributed by atoms with Gasteiger partial charge in [-0.3, -0.25) is 14.4 Å². The van der Waals surface area contributed by atoms with E-state index in [2.05, 4.69) is 10.4 Å². The van der Waals surface area contributed by atoms with Crippen molar-refractivity contribution in [1.82, 2.24) is 19.7 Å². The molecule has 3 N–H and O–H groups in total. The van der Waals surface area contributed by atoms with Crippen LogP contribution in [-0.4, -0.2) is 43.0 Å². The number of hydrogen-bond acceptors (Lipinski definition) is 5. The summed E-state index contributed by atoms with van der Waals surface area (Å²) >= 11 is 5.97. The van der Waals surface area contributed by atoms with Gasteiger partial charge < -0.3 is 15.5 Å². The Morgan fingerprint density at radius 1 is 1.31 bits per heavy atom. The van der Waals surface area contributed by atoms with Crippen LogP contribution in [0.4, 0.5) is 0 Å². The normalized spacial score (nSPS) is 10.8. The summed E-state index contributed by atoms with van der Waals surface area (Å²) in [5.41, 5.74) is -0.175. The Morgan fingerprint density at radius 3 is 2.69 bits per heavy atom. The maximum absolute atomic E-state index is 12.4. The van der Waals surface area contributed by atoms with Gasteiger partial charge in [0.2, 0.25) is 0 Å². The van der Waals surface area contributed by atoms with Crippen molar-refractivity contribution in [1.29, 1.82) is 0 Å². The molecule has 26 heavy (non-hydrogen) atoms. The number of carbonyl (C=O) groups is 2. The monoisotopic (exact) mass is 376 g/mol. The topological polar surface area (TPSA) is 126 Å². The molecule has 0 bridgehead atoms. The Kier molecular flexibility index (Phi) is 4.39. The van der Waals surface area contributed by atoms with Crippen LogP contribution in [0.25, 0.3) is 16.8 Å². The van der Waals surface area contributed by atoms with Crippen molar-refractivity contribution < 1.29 is 19.8 Å². The number of hydrogen-bond donors (Lipinski definition) is 3. The molecule has 0 aliphatic rings. The third-order valence-electron chi connectivity index (χ3n) is 3.71. The predicted molar refractivity (Wildman–Crippen MR) is 92.5 cm³/mol. The maximum atomic E-state index is 12.4. The molecule has 0 radical (unpaired) electrons. The van der Waals surface area contributed by atoms with Crippen LogP contribution >= 0.6 is 11.6 Å². The SMILES string of the molecule is Cn1c(=O)c(C(=O)NCC(=O)O)c(O)c2cc(-c3cccc(Cl)c3)nn21. The summed E-state index contributed by atoms with van der Waals surface area (Å²) in [4.78, 5) is 35.1. The number of carbonyl (C=O) groups excluding carboxylic acids is 1. The summed E-state index contributed by atoms with van der Waals surface area (Å²) in [6.45, 7) is -0.681. The summed E-state index contributed by atoms with van der Waals surface area (Å²) in [5, 5.41) is 25.8. The second-order valence-electron chi connectivity index (χ2n) is 5.44. The number of nitrogens with zero attached hydrogens (tertiary/aromatic N) is 3. The number of fused-ring (bicyclic) bond motifs is 1. The van der Waals surface area contributed by atoms with Crippen molar-refractivity contribution in [3.8, 4) is 17.0 Å². The number of rotatable bonds is 4. The van der Waals surface area contributed by atoms with E-state index in [1.165, 1.54) is 13.1 Å². The molecule has 0 saturated carbocycles. The molecular formula is C16H13ClN4O5. The lowest BCUT2D eigenvalue weighted by atomic mass is 10.1. The van der Waals surface area contributed by atoms with E-state index in [4.69, 9.17) is 16.7 Å². The molecule has 0 aliphatic carbocycles. The zero-order valence-electron chi connectivity index (χ0n) is 13.4. The Hall–Kier alpha value is -3.33. The van der Waals surface area contributed by atoms with Crippen molar-refractivity contribution in [2.75, 3.05) is 6.54 Å². The van der Waals surface area contributed by atoms with Crippen LogP contribution in [0.3, 0.4) is 0 Å². The standard InChI is InChI=1S/C16H13ClN4O5/c1-20-16(26)13(15(25)18-7-12(22)23)14(24)11-6-10(19-21(11)20)8-3-2-4-9(17)5-8/h2-6,24H,7H2,1H3,(H,18,25)(H,22,23). The van der Waals surface area contributed by atoms with Crippen LogP contribution in [0.1, 0.15) is 10.4 Å². The average molecular weight is 377 g/mol. The Balaban J connectivity index is 2.17. The van der Waals surface area contributed by atoms with E-state index in [1.54, 1.807) is 24.3 Å². The highest BCUT2D eigenvalue weighted by molar-refractivity contribution is 6.30. The molecule has 2 heterocycles. The quantitative estimate of drug-likeness (QED) is 0.620. The molecular weight excluding hydrogens is 364 g/mol. The number of aromatic nitrogens is 3. The summed E-state index contributed by atoms with van der Waals surface area (Å²) in [6.07, 6.45) is 0. The third-order valence-corrected chi connectivity index (χ3v) is 3.95. The number of carboxylic acids is 1. The zero-order valence-corrected chi connectivity index (χ0v) is 14.2. The zero-order chi connectivity index (χ0) is 19.0. The van der Waals surface area contributed by atoms with Crippen LogP contribution in [0, 0.1) is 0 Å². The van der Waals surface area contributed by atoms with E-state index in [-0.39, 0.29) is 5.52 Å². The minimum atomic E-state index is -1.27. The van der Waals surface area contributed by atoms with Crippen molar-refractivity contribution in [2.45, 2.75) is 0 Å². The number of benzene rings is 1. The molecule has 9 nitrogen and oxygen atoms in total. The molecule has 0 atom stereocenters. The second-order valence-corrected chi connectivity index (χ2v) is 5.88. The van der Waals surface area contributed by atoms with Gasteiger partial charge >= 0.3 is 5.97 Å². The van der Waals surface area contributed by atoms with Gasteiger partial charge in [0, 0.05) is 17.6 Å². The first kappa shape index (κ1) is 17.5. The van der Waals surface area contributed by atoms with Gasteiger partial charge in [0.05, 0.1) is 5.69 Å². The van der Waals surface area contributed by atoms with E-state index >= 15 is 0 Å². The minimum absolute atomic E-state index is 0.113. The van der Waals surface area contributed by atoms with Crippen molar-refractivity contribution >= 4 is 29.0 Å². The highest BCUT2D eigenvalue weighted by Gasteiger charge is 2.23. The molecule has 0 fully saturated rings. The summed E-state index contributed by atoms with van der Waals surface area (Å²) < 4.78 is 2.20. The Bertz CT molecular complexity index is 1100. The highest BCUT2D eigenvalue weighted by atomic mass is 35.5. The first-order chi connectivity index (χ1) is 12.3. The van der Waals surface area contributed by atoms with E-state index in [0.29, 0.717) is 16.3 Å². The molecule has 134 valence electrons. The van der Waals surface area contributed by atoms with Crippen LogP contribution in [-0.2, 0) is 11.8 Å². The predicted octanol–water partition coefficient (Wildman–Crippen LogP) is 0.873. The number of carboxylic acid groups (broad SMARTS) is 1. The molecule has 3 aromatic rings. The summed E-state index contributed by atoms with van der Waals surface area (Å²) in [7, 11) is 1.37. The van der Waals surface area contributed by atoms with Crippen molar-refractivity contribution in [2.24, 2.45) is 7.05 Å². The maximum Gasteiger partial charge on any atom is 0.322 e. The van der Waals surface area contributed by atoms with E-state index in [1.807, 2.05) is 0 Å². The largest absolute Gasteiger partial charge is 0.505 e. The molecule has 1 aromatic carbocycles. The van der Waals surface area contributed by atoms with Crippen LogP contribution < -0.4 is 10.9 Å². The van der Waals surface area contributed by atoms with Crippen molar-refractivity contribution in [3.63, 3.8) is 0 Å². The summed E-state index contributed by atoms with van der Waals surface area (Å²) in [5.74, 6) is -2.85. The molecule has 0 spiro atoms. The smallest absolute Gasteiger partial charge is 0.322 e. The lowest BCUT2D eigenvalue weighted by Crippen LogP contribution is -2.36. The number of halogens is 1. The molecule has 0 unspecified atom stereocenters. The van der Waals surface area contributed by atoms with E-state index in [0.717, 1.165) is 9.31 Å². The molecule has 1 amide bonds. The van der Waals surface area contributed by atoms with Gasteiger partial charge in [-0.1, -0.05) is 23.7 Å². The summed E-state index contributed by atoms with van der Waals surface area (Å²) in [6, 6.07) is 8.33. The van der Waals surface area contributed by atoms with Gasteiger partial charge in [0.1, 0.15) is 12.1 Å². The number of aryl methyl sites for hydroxylation is 1. The molecule has 2 aromatic heterocycles. The number of aromatic hydroxyl groups is 1. The van der Waals surface area contributed by atoms with Gasteiger partial charge in [-0.05, 0) is 18.2 Å². The molecule has 0 saturated heterocycles. The fourth-order valence-corrected chi connectivity index (χ4v) is 2.67. The van der Waals surface area contributed by atoms with Gasteiger partial charge in [-0.25, -0.2) is 4.68 Å². The number of aliphatic carboxylic acids is 1. The van der Waals surface area contributed by atoms with Crippen LogP contribution in [0.5, 0.6) is 5.75 Å². The van der Waals surface area contributed by atoms with Crippen LogP contribution in [0.2, 0.25) is 5.02 Å². The Morgan fingerprint density at radius 2 is 2.04 bits per heavy atom. The highest BCUT2D eigenvalue weighted by Crippen LogP contribution is 2.27. The van der Waals surface area contributed by atoms with E-state index in [9.17, 15) is 19.5 Å². The van der Waals surface area contributed by atoms with Crippen LogP contribution in [0.15, 0.2) is 35.1 Å². The van der Waals surface area contributed by atoms with E-state index < -0.39 is 35.3 Å². The van der Waals surface area contributed by atoms with Crippen molar-refractivity contribution in [3.05, 3.63) is 51.3 Å². The molecule has 0 aliphatic heterocycles. The lowest BCUT2D eigenvalue weighted by molar-refractivity contribution is -0.135. The second kappa shape index (κ2) is 6.52. The van der Waals surface area contributed by atoms with Gasteiger partial charge in [-0.2, -0.15) is 9.73 Å². The molecule has 10 heteroatoms. The van der Waals surface area contributed by atoms with Gasteiger partial charge in [0.25, 0.3) is 11.5 Å². The lowest BCUT2D eigenvalue weighted by Gasteiger charge is -2.09. The molecule has 3 rings (SSSR count). The number of amides is 1. The fourth-order valence-electron chi connectivity index (χ4n) is 2.48. The first-order valence-electron chi connectivity index (χ1n) is 7.37. The van der Waals surface area contributed by atoms with Gasteiger partial charge in [-0.15, -0.1) is 0 Å². The minimum Gasteiger partial charge on any atom is -0.505 e. The first-order valence-corrected chi connectivity index (χ1v) is 7.75. The fraction of sp³-hybridized carbons (Fsp3) is 0.125.